The molecule has 0 saturated carbocycles. The van der Waals surface area contributed by atoms with Crippen molar-refractivity contribution in [2.24, 2.45) is 0 Å². The van der Waals surface area contributed by atoms with Gasteiger partial charge in [0.2, 0.25) is 6.41 Å². The zero-order chi connectivity index (χ0) is 19.5. The monoisotopic (exact) mass is 383 g/mol. The first-order valence-electron chi connectivity index (χ1n) is 9.13. The molecule has 0 spiro atoms. The van der Waals surface area contributed by atoms with Gasteiger partial charge in [0.05, 0.1) is 0 Å². The number of nitrogens with one attached hydrogen (secondary N) is 1. The van der Waals surface area contributed by atoms with Gasteiger partial charge >= 0.3 is 0 Å². The van der Waals surface area contributed by atoms with Gasteiger partial charge in [0.1, 0.15) is 30.5 Å². The maximum Gasteiger partial charge on any atom is 0.274 e. The zero-order valence-corrected chi connectivity index (χ0v) is 15.6. The third kappa shape index (κ3) is 3.83. The maximum atomic E-state index is 12.7. The number of nitrogens with zero attached hydrogens (tertiary/aromatic N) is 4. The van der Waals surface area contributed by atoms with Crippen LogP contribution in [-0.4, -0.2) is 66.6 Å². The highest BCUT2D eigenvalue weighted by Crippen LogP contribution is 2.32. The Morgan fingerprint density at radius 3 is 2.57 bits per heavy atom. The van der Waals surface area contributed by atoms with Crippen LogP contribution in [0, 0.1) is 6.92 Å². The standard InChI is InChI=1S/C19H21N5O4/c1-13-20-15(11-18(21-13)24-6-4-23(12-25)5-7-24)19(26)22-14-2-3-16-17(10-14)28-9-8-27-16/h2-3,10-12H,4-9H2,1H3,(H,22,26). The Morgan fingerprint density at radius 1 is 1.07 bits per heavy atom. The van der Waals surface area contributed by atoms with E-state index >= 15 is 0 Å². The van der Waals surface area contributed by atoms with Crippen molar-refractivity contribution in [3.63, 3.8) is 0 Å². The number of benzene rings is 1. The molecule has 146 valence electrons. The fourth-order valence-corrected chi connectivity index (χ4v) is 3.20. The first-order chi connectivity index (χ1) is 13.6. The number of carbonyl (C=O) groups excluding carboxylic acids is 2. The number of aromatic nitrogens is 2. The largest absolute Gasteiger partial charge is 0.486 e. The summed E-state index contributed by atoms with van der Waals surface area (Å²) in [6.45, 7) is 5.35. The number of carbonyl (C=O) groups is 2. The second kappa shape index (κ2) is 7.71. The van der Waals surface area contributed by atoms with Gasteiger partial charge in [-0.2, -0.15) is 0 Å². The van der Waals surface area contributed by atoms with Crippen LogP contribution < -0.4 is 19.7 Å². The van der Waals surface area contributed by atoms with Crippen LogP contribution in [0.3, 0.4) is 0 Å². The van der Waals surface area contributed by atoms with Crippen LogP contribution in [-0.2, 0) is 4.79 Å². The molecule has 0 radical (unpaired) electrons. The van der Waals surface area contributed by atoms with Gasteiger partial charge in [-0.05, 0) is 19.1 Å². The van der Waals surface area contributed by atoms with Gasteiger partial charge < -0.3 is 24.6 Å². The average molecular weight is 383 g/mol. The van der Waals surface area contributed by atoms with Crippen LogP contribution in [0.2, 0.25) is 0 Å². The van der Waals surface area contributed by atoms with E-state index in [0.29, 0.717) is 68.2 Å². The van der Waals surface area contributed by atoms with Gasteiger partial charge in [0.15, 0.2) is 11.5 Å². The molecular weight excluding hydrogens is 362 g/mol. The molecule has 1 N–H and O–H groups in total. The van der Waals surface area contributed by atoms with Crippen molar-refractivity contribution in [1.82, 2.24) is 14.9 Å². The molecule has 0 aliphatic carbocycles. The topological polar surface area (TPSA) is 96.9 Å². The molecule has 1 aromatic heterocycles. The van der Waals surface area contributed by atoms with Crippen LogP contribution in [0.15, 0.2) is 24.3 Å². The number of hydrogen-bond donors (Lipinski definition) is 1. The first kappa shape index (κ1) is 18.0. The van der Waals surface area contributed by atoms with E-state index < -0.39 is 0 Å². The molecule has 4 rings (SSSR count). The summed E-state index contributed by atoms with van der Waals surface area (Å²) in [5, 5.41) is 2.84. The number of fused-ring (bicyclic) bond motifs is 1. The quantitative estimate of drug-likeness (QED) is 0.790. The molecule has 0 bridgehead atoms. The van der Waals surface area contributed by atoms with Crippen molar-refractivity contribution >= 4 is 23.8 Å². The van der Waals surface area contributed by atoms with Gasteiger partial charge in [0.25, 0.3) is 5.91 Å². The lowest BCUT2D eigenvalue weighted by Crippen LogP contribution is -2.46. The van der Waals surface area contributed by atoms with E-state index in [9.17, 15) is 9.59 Å². The summed E-state index contributed by atoms with van der Waals surface area (Å²) < 4.78 is 11.0. The molecule has 1 saturated heterocycles. The molecular formula is C19H21N5O4. The van der Waals surface area contributed by atoms with Gasteiger partial charge in [-0.15, -0.1) is 0 Å². The SMILES string of the molecule is Cc1nc(C(=O)Nc2ccc3c(c2)OCCO3)cc(N2CCN(C=O)CC2)n1. The molecule has 2 aliphatic rings. The number of piperazine rings is 1. The highest BCUT2D eigenvalue weighted by Gasteiger charge is 2.20. The molecule has 0 unspecified atom stereocenters. The molecule has 1 aromatic carbocycles. The summed E-state index contributed by atoms with van der Waals surface area (Å²) in [5.74, 6) is 2.15. The van der Waals surface area contributed by atoms with Crippen molar-refractivity contribution in [3.05, 3.63) is 35.8 Å². The number of ether oxygens (including phenoxy) is 2. The number of aryl methyl sites for hydroxylation is 1. The third-order valence-electron chi connectivity index (χ3n) is 4.64. The van der Waals surface area contributed by atoms with Crippen LogP contribution in [0.1, 0.15) is 16.3 Å². The van der Waals surface area contributed by atoms with Crippen LogP contribution >= 0.6 is 0 Å². The molecule has 1 fully saturated rings. The second-order valence-corrected chi connectivity index (χ2v) is 6.60. The summed E-state index contributed by atoms with van der Waals surface area (Å²) in [5.41, 5.74) is 0.891. The van der Waals surface area contributed by atoms with E-state index in [-0.39, 0.29) is 11.6 Å². The Bertz CT molecular complexity index is 896. The van der Waals surface area contributed by atoms with E-state index in [1.807, 2.05) is 0 Å². The molecule has 9 nitrogen and oxygen atoms in total. The Kier molecular flexibility index (Phi) is 4.96. The lowest BCUT2D eigenvalue weighted by atomic mass is 10.2. The Hall–Kier alpha value is -3.36. The van der Waals surface area contributed by atoms with Crippen molar-refractivity contribution in [2.75, 3.05) is 49.6 Å². The maximum absolute atomic E-state index is 12.7. The highest BCUT2D eigenvalue weighted by atomic mass is 16.6. The van der Waals surface area contributed by atoms with Crippen molar-refractivity contribution in [2.45, 2.75) is 6.92 Å². The minimum absolute atomic E-state index is 0.287. The summed E-state index contributed by atoms with van der Waals surface area (Å²) in [6, 6.07) is 6.95. The Balaban J connectivity index is 1.50. The predicted octanol–water partition coefficient (Wildman–Crippen LogP) is 1.09. The molecule has 2 amide bonds. The molecule has 9 heteroatoms. The number of anilines is 2. The fraction of sp³-hybridized carbons (Fsp3) is 0.368. The summed E-state index contributed by atoms with van der Waals surface area (Å²) in [6.07, 6.45) is 0.856. The fourth-order valence-electron chi connectivity index (χ4n) is 3.20. The van der Waals surface area contributed by atoms with Gasteiger partial charge in [-0.1, -0.05) is 0 Å². The van der Waals surface area contributed by atoms with Crippen LogP contribution in [0.4, 0.5) is 11.5 Å². The molecule has 28 heavy (non-hydrogen) atoms. The minimum atomic E-state index is -0.324. The number of amides is 2. The predicted molar refractivity (Wildman–Crippen MR) is 102 cm³/mol. The average Bonchev–Trinajstić information content (AvgIpc) is 2.73. The highest BCUT2D eigenvalue weighted by molar-refractivity contribution is 6.03. The lowest BCUT2D eigenvalue weighted by molar-refractivity contribution is -0.118. The van der Waals surface area contributed by atoms with Gasteiger partial charge in [-0.3, -0.25) is 9.59 Å². The Morgan fingerprint density at radius 2 is 1.82 bits per heavy atom. The first-order valence-corrected chi connectivity index (χ1v) is 9.13. The Labute approximate surface area is 162 Å². The number of rotatable bonds is 4. The zero-order valence-electron chi connectivity index (χ0n) is 15.6. The number of hydrogen-bond acceptors (Lipinski definition) is 7. The molecule has 2 aliphatic heterocycles. The van der Waals surface area contributed by atoms with Crippen molar-refractivity contribution in [1.29, 1.82) is 0 Å². The smallest absolute Gasteiger partial charge is 0.274 e. The van der Waals surface area contributed by atoms with Gasteiger partial charge in [-0.25, -0.2) is 9.97 Å². The van der Waals surface area contributed by atoms with E-state index in [1.54, 1.807) is 36.1 Å². The van der Waals surface area contributed by atoms with Gasteiger partial charge in [0, 0.05) is 44.0 Å². The molecule has 2 aromatic rings. The lowest BCUT2D eigenvalue weighted by Gasteiger charge is -2.33. The normalized spacial score (nSPS) is 15.9. The summed E-state index contributed by atoms with van der Waals surface area (Å²) >= 11 is 0. The van der Waals surface area contributed by atoms with Crippen LogP contribution in [0.25, 0.3) is 0 Å². The van der Waals surface area contributed by atoms with Crippen molar-refractivity contribution in [3.8, 4) is 11.5 Å². The van der Waals surface area contributed by atoms with Crippen LogP contribution in [0.5, 0.6) is 11.5 Å². The second-order valence-electron chi connectivity index (χ2n) is 6.60. The van der Waals surface area contributed by atoms with E-state index in [2.05, 4.69) is 20.2 Å². The molecule has 3 heterocycles. The van der Waals surface area contributed by atoms with E-state index in [4.69, 9.17) is 9.47 Å². The minimum Gasteiger partial charge on any atom is -0.486 e. The molecule has 0 atom stereocenters. The van der Waals surface area contributed by atoms with E-state index in [0.717, 1.165) is 6.41 Å². The third-order valence-corrected chi connectivity index (χ3v) is 4.64. The summed E-state index contributed by atoms with van der Waals surface area (Å²) in [7, 11) is 0. The van der Waals surface area contributed by atoms with Crippen molar-refractivity contribution < 1.29 is 19.1 Å². The summed E-state index contributed by atoms with van der Waals surface area (Å²) in [4.78, 5) is 36.1. The van der Waals surface area contributed by atoms with E-state index in [1.165, 1.54) is 0 Å².